The van der Waals surface area contributed by atoms with Gasteiger partial charge < -0.3 is 19.9 Å². The molecule has 1 aliphatic heterocycles. The fourth-order valence-electron chi connectivity index (χ4n) is 7.56. The van der Waals surface area contributed by atoms with Gasteiger partial charge in [0.05, 0.1) is 66.5 Å². The molecule has 8 nitrogen and oxygen atoms in total. The number of aromatic nitrogens is 8. The molecule has 1 aliphatic rings. The van der Waals surface area contributed by atoms with Gasteiger partial charge in [0.25, 0.3) is 0 Å². The van der Waals surface area contributed by atoms with Crippen molar-refractivity contribution in [1.29, 1.82) is 0 Å². The van der Waals surface area contributed by atoms with Crippen LogP contribution in [-0.4, -0.2) is 19.9 Å². The van der Waals surface area contributed by atoms with Gasteiger partial charge in [0.2, 0.25) is 22.8 Å². The summed E-state index contributed by atoms with van der Waals surface area (Å²) in [7, 11) is 8.39. The Balaban J connectivity index is 1.47. The van der Waals surface area contributed by atoms with Crippen molar-refractivity contribution < 1.29 is 18.3 Å². The molecule has 252 valence electrons. The zero-order valence-electron chi connectivity index (χ0n) is 29.6. The molecule has 0 atom stereocenters. The second kappa shape index (κ2) is 12.5. The van der Waals surface area contributed by atoms with Crippen LogP contribution in [0.15, 0.2) is 146 Å². The smallest absolute Gasteiger partial charge is 0.216 e. The molecule has 9 rings (SSSR count). The lowest BCUT2D eigenvalue weighted by Crippen LogP contribution is -2.36. The monoisotopic (exact) mass is 680 g/mol. The Labute approximate surface area is 301 Å². The SMILES string of the molecule is C[n+]1ccccc1C1=c2ccc([nH]2)=C(c2cccc[n+]2C)c2ccc([nH]2)C(c2cccc[n+]2C)=c2ccc([nH]2)=C(c2cccc[n+]2C)c2ccc1[nH]2. The lowest BCUT2D eigenvalue weighted by Gasteiger charge is -2.07. The van der Waals surface area contributed by atoms with E-state index in [1.54, 1.807) is 0 Å². The summed E-state index contributed by atoms with van der Waals surface area (Å²) in [5.41, 5.74) is 12.7. The molecule has 0 unspecified atom stereocenters. The van der Waals surface area contributed by atoms with E-state index < -0.39 is 0 Å². The Kier molecular flexibility index (Phi) is 7.51. The maximum atomic E-state index is 3.88. The van der Waals surface area contributed by atoms with Gasteiger partial charge in [-0.1, -0.05) is 0 Å². The average Bonchev–Trinajstić information content (AvgIpc) is 3.99. The number of fused-ring (bicyclic) bond motifs is 8. The van der Waals surface area contributed by atoms with E-state index in [0.29, 0.717) is 0 Å². The number of nitrogens with one attached hydrogen (secondary N) is 4. The highest BCUT2D eigenvalue weighted by Crippen LogP contribution is 2.25. The van der Waals surface area contributed by atoms with E-state index in [0.717, 1.165) is 89.2 Å². The van der Waals surface area contributed by atoms with Gasteiger partial charge in [-0.25, -0.2) is 18.3 Å². The highest BCUT2D eigenvalue weighted by atomic mass is 15.0. The van der Waals surface area contributed by atoms with E-state index in [-0.39, 0.29) is 0 Å². The number of rotatable bonds is 4. The Morgan fingerprint density at radius 2 is 0.538 bits per heavy atom. The molecule has 9 heterocycles. The fraction of sp³-hybridized carbons (Fsp3) is 0.0909. The molecule has 0 aliphatic carbocycles. The summed E-state index contributed by atoms with van der Waals surface area (Å²) in [5, 5.41) is 4.05. The molecule has 8 bridgehead atoms. The van der Waals surface area contributed by atoms with E-state index in [4.69, 9.17) is 0 Å². The van der Waals surface area contributed by atoms with Crippen LogP contribution in [0.3, 0.4) is 0 Å². The third kappa shape index (κ3) is 5.24. The summed E-state index contributed by atoms with van der Waals surface area (Å²) in [4.78, 5) is 15.5. The second-order valence-electron chi connectivity index (χ2n) is 13.4. The van der Waals surface area contributed by atoms with Crippen molar-refractivity contribution in [2.75, 3.05) is 0 Å². The number of aryl methyl sites for hydroxylation is 4. The van der Waals surface area contributed by atoms with Crippen LogP contribution in [0.4, 0.5) is 0 Å². The van der Waals surface area contributed by atoms with Crippen LogP contribution in [-0.2, 0) is 28.2 Å². The van der Waals surface area contributed by atoms with E-state index >= 15 is 0 Å². The first-order chi connectivity index (χ1) is 25.4. The van der Waals surface area contributed by atoms with Crippen LogP contribution < -0.4 is 39.7 Å². The third-order valence-electron chi connectivity index (χ3n) is 10.1. The minimum atomic E-state index is 1.01. The maximum absolute atomic E-state index is 3.88. The second-order valence-corrected chi connectivity index (χ2v) is 13.4. The minimum absolute atomic E-state index is 1.01. The lowest BCUT2D eigenvalue weighted by atomic mass is 10.1. The average molecular weight is 681 g/mol. The Morgan fingerprint density at radius 3 is 0.769 bits per heavy atom. The molecule has 0 saturated heterocycles. The van der Waals surface area contributed by atoms with E-state index in [1.165, 1.54) is 0 Å². The quantitative estimate of drug-likeness (QED) is 0.204. The molecule has 0 saturated carbocycles. The van der Waals surface area contributed by atoms with Gasteiger partial charge in [-0.15, -0.1) is 0 Å². The van der Waals surface area contributed by atoms with Gasteiger partial charge in [-0.05, 0) is 72.8 Å². The first kappa shape index (κ1) is 31.2. The zero-order chi connectivity index (χ0) is 35.3. The summed E-state index contributed by atoms with van der Waals surface area (Å²) >= 11 is 0. The van der Waals surface area contributed by atoms with E-state index in [9.17, 15) is 0 Å². The van der Waals surface area contributed by atoms with Gasteiger partial charge in [-0.3, -0.25) is 0 Å². The summed E-state index contributed by atoms with van der Waals surface area (Å²) < 4.78 is 8.70. The number of nitrogens with zero attached hydrogens (tertiary/aromatic N) is 4. The minimum Gasteiger partial charge on any atom is -0.354 e. The van der Waals surface area contributed by atoms with Crippen LogP contribution in [0.5, 0.6) is 0 Å². The van der Waals surface area contributed by atoms with Crippen LogP contribution in [0.25, 0.3) is 22.3 Å². The molecule has 0 radical (unpaired) electrons. The maximum Gasteiger partial charge on any atom is 0.216 e. The van der Waals surface area contributed by atoms with Gasteiger partial charge in [0, 0.05) is 48.5 Å². The number of aromatic amines is 4. The largest absolute Gasteiger partial charge is 0.354 e. The molecule has 0 aromatic carbocycles. The standard InChI is InChI=1S/C44H38N8/c1-49-25-9-5-13-37(49)41-29-17-19-31(45-29)42(38-14-6-10-26-50(38)2)33-21-23-35(47-33)44(40-16-8-12-28-52(40)4)36-24-22-34(48-36)43(32-20-18-30(41)46-32)39-15-7-11-27-51(39)3/h5-28H,1-4H3,(H2,45,46,47,48)/q+2/p+2. The number of hydrogen-bond donors (Lipinski definition) is 4. The topological polar surface area (TPSA) is 78.7 Å². The van der Waals surface area contributed by atoms with E-state index in [1.807, 2.05) is 0 Å². The molecule has 8 heteroatoms. The van der Waals surface area contributed by atoms with Gasteiger partial charge >= 0.3 is 0 Å². The van der Waals surface area contributed by atoms with Gasteiger partial charge in [-0.2, -0.15) is 0 Å². The van der Waals surface area contributed by atoms with E-state index in [2.05, 4.69) is 213 Å². The predicted octanol–water partition coefficient (Wildman–Crippen LogP) is 1.60. The number of H-pyrrole nitrogens is 4. The molecular formula is C44H40N8+4. The Morgan fingerprint density at radius 1 is 0.288 bits per heavy atom. The molecule has 8 aromatic rings. The van der Waals surface area contributed by atoms with Crippen molar-refractivity contribution in [3.05, 3.63) is 213 Å². The van der Waals surface area contributed by atoms with Crippen molar-refractivity contribution in [1.82, 2.24) is 19.9 Å². The highest BCUT2D eigenvalue weighted by Gasteiger charge is 2.25. The zero-order valence-corrected chi connectivity index (χ0v) is 29.6. The van der Waals surface area contributed by atoms with Crippen molar-refractivity contribution in [2.24, 2.45) is 28.2 Å². The summed E-state index contributed by atoms with van der Waals surface area (Å²) in [6, 6.07) is 42.9. The fourth-order valence-corrected chi connectivity index (χ4v) is 7.56. The lowest BCUT2D eigenvalue weighted by molar-refractivity contribution is -0.673. The van der Waals surface area contributed by atoms with Gasteiger partial charge in [0.1, 0.15) is 28.2 Å². The van der Waals surface area contributed by atoms with Crippen LogP contribution in [0, 0.1) is 0 Å². The van der Waals surface area contributed by atoms with Crippen LogP contribution >= 0.6 is 0 Å². The highest BCUT2D eigenvalue weighted by molar-refractivity contribution is 5.81. The summed E-state index contributed by atoms with van der Waals surface area (Å²) in [5.74, 6) is 0. The van der Waals surface area contributed by atoms with Crippen LogP contribution in [0.2, 0.25) is 0 Å². The molecular weight excluding hydrogens is 641 g/mol. The normalized spacial score (nSPS) is 12.8. The Bertz CT molecular complexity index is 2520. The number of hydrogen-bond acceptors (Lipinski definition) is 0. The molecule has 0 amide bonds. The number of pyridine rings is 4. The molecule has 52 heavy (non-hydrogen) atoms. The van der Waals surface area contributed by atoms with Crippen molar-refractivity contribution in [3.8, 4) is 0 Å². The van der Waals surface area contributed by atoms with Crippen molar-refractivity contribution in [2.45, 2.75) is 0 Å². The first-order valence-electron chi connectivity index (χ1n) is 17.5. The molecule has 0 fully saturated rings. The Hall–Kier alpha value is -6.80. The molecule has 8 aromatic heterocycles. The third-order valence-corrected chi connectivity index (χ3v) is 10.1. The van der Waals surface area contributed by atoms with Crippen molar-refractivity contribution in [3.63, 3.8) is 0 Å². The van der Waals surface area contributed by atoms with Crippen molar-refractivity contribution >= 4 is 22.3 Å². The first-order valence-corrected chi connectivity index (χ1v) is 17.5. The predicted molar refractivity (Wildman–Crippen MR) is 199 cm³/mol. The summed E-state index contributed by atoms with van der Waals surface area (Å²) in [6.45, 7) is 0. The molecule has 0 spiro atoms. The van der Waals surface area contributed by atoms with Crippen LogP contribution in [0.1, 0.15) is 45.6 Å². The molecule has 4 N–H and O–H groups in total. The summed E-state index contributed by atoms with van der Waals surface area (Å²) in [6.07, 6.45) is 8.39. The van der Waals surface area contributed by atoms with Gasteiger partial charge in [0.15, 0.2) is 24.8 Å².